The van der Waals surface area contributed by atoms with Crippen molar-refractivity contribution in [2.75, 3.05) is 0 Å². The molecule has 2 aromatic heterocycles. The Kier molecular flexibility index (Phi) is 1.86. The molecular weight excluding hydrogens is 298 g/mol. The third kappa shape index (κ3) is 1.97. The van der Waals surface area contributed by atoms with Gasteiger partial charge < -0.3 is 0 Å². The molecule has 0 saturated heterocycles. The Labute approximate surface area is 94.9 Å². The van der Waals surface area contributed by atoms with E-state index in [-0.39, 0.29) is 12.3 Å². The number of nitrogens with zero attached hydrogens (tertiary/aromatic N) is 3. The monoisotopic (exact) mass is 303 g/mol. The van der Waals surface area contributed by atoms with E-state index >= 15 is 0 Å². The van der Waals surface area contributed by atoms with Gasteiger partial charge in [-0.15, -0.1) is 0 Å². The molecule has 2 heterocycles. The van der Waals surface area contributed by atoms with E-state index in [0.717, 1.165) is 4.47 Å². The Hall–Kier alpha value is -0.680. The summed E-state index contributed by atoms with van der Waals surface area (Å²) in [5.74, 6) is 0.508. The van der Waals surface area contributed by atoms with E-state index in [2.05, 4.69) is 41.9 Å². The second kappa shape index (κ2) is 3.59. The molecule has 0 bridgehead atoms. The SMILES string of the molecule is [2H]c1nn(-c2cc(Br)ccn2)c([2H])c1Br. The number of halogens is 2. The van der Waals surface area contributed by atoms with Gasteiger partial charge in [0.15, 0.2) is 5.82 Å². The summed E-state index contributed by atoms with van der Waals surface area (Å²) in [4.78, 5) is 4.07. The van der Waals surface area contributed by atoms with Gasteiger partial charge in [-0.3, -0.25) is 0 Å². The molecule has 2 aromatic rings. The zero-order valence-corrected chi connectivity index (χ0v) is 9.50. The molecule has 0 radical (unpaired) electrons. The van der Waals surface area contributed by atoms with Crippen LogP contribution in [0.2, 0.25) is 0 Å². The summed E-state index contributed by atoms with van der Waals surface area (Å²) < 4.78 is 17.7. The van der Waals surface area contributed by atoms with Crippen LogP contribution in [0.15, 0.2) is 39.6 Å². The smallest absolute Gasteiger partial charge is 0.154 e. The average molecular weight is 305 g/mol. The van der Waals surface area contributed by atoms with Crippen LogP contribution >= 0.6 is 31.9 Å². The first-order valence-electron chi connectivity index (χ1n) is 4.43. The largest absolute Gasteiger partial charge is 0.237 e. The molecule has 5 heteroatoms. The van der Waals surface area contributed by atoms with Crippen LogP contribution in [0.1, 0.15) is 2.74 Å². The summed E-state index contributed by atoms with van der Waals surface area (Å²) in [6.45, 7) is 0. The number of aromatic nitrogens is 3. The number of rotatable bonds is 1. The summed E-state index contributed by atoms with van der Waals surface area (Å²) in [7, 11) is 0. The highest BCUT2D eigenvalue weighted by atomic mass is 79.9. The van der Waals surface area contributed by atoms with E-state index in [9.17, 15) is 0 Å². The molecule has 66 valence electrons. The number of pyridine rings is 1. The standard InChI is InChI=1S/C8H5Br2N3/c9-6-1-2-11-8(3-6)13-5-7(10)4-12-13/h1-5H/i4D,5D. The predicted molar refractivity (Wildman–Crippen MR) is 56.8 cm³/mol. The van der Waals surface area contributed by atoms with Gasteiger partial charge in [0, 0.05) is 16.8 Å². The first-order valence-corrected chi connectivity index (χ1v) is 5.02. The van der Waals surface area contributed by atoms with Crippen LogP contribution in [-0.4, -0.2) is 14.8 Å². The van der Waals surface area contributed by atoms with Crippen molar-refractivity contribution in [3.05, 3.63) is 39.6 Å². The first kappa shape index (κ1) is 6.73. The molecule has 2 rings (SSSR count). The van der Waals surface area contributed by atoms with Crippen LogP contribution in [0.3, 0.4) is 0 Å². The van der Waals surface area contributed by atoms with E-state index in [0.29, 0.717) is 10.3 Å². The Morgan fingerprint density at radius 3 is 2.85 bits per heavy atom. The molecule has 0 aliphatic heterocycles. The van der Waals surface area contributed by atoms with Crippen LogP contribution in [0.5, 0.6) is 0 Å². The van der Waals surface area contributed by atoms with Gasteiger partial charge in [0.25, 0.3) is 0 Å². The Morgan fingerprint density at radius 1 is 1.38 bits per heavy atom. The minimum atomic E-state index is 0.0294. The van der Waals surface area contributed by atoms with E-state index in [1.54, 1.807) is 18.3 Å². The quantitative estimate of drug-likeness (QED) is 0.811. The molecule has 13 heavy (non-hydrogen) atoms. The van der Waals surface area contributed by atoms with E-state index in [1.165, 1.54) is 4.68 Å². The lowest BCUT2D eigenvalue weighted by atomic mass is 10.5. The van der Waals surface area contributed by atoms with Crippen molar-refractivity contribution in [2.45, 2.75) is 0 Å². The maximum absolute atomic E-state index is 7.70. The molecule has 0 spiro atoms. The fourth-order valence-electron chi connectivity index (χ4n) is 0.855. The van der Waals surface area contributed by atoms with Crippen molar-refractivity contribution < 1.29 is 2.74 Å². The molecule has 0 aliphatic carbocycles. The molecule has 0 unspecified atom stereocenters. The second-order valence-corrected chi connectivity index (χ2v) is 3.99. The van der Waals surface area contributed by atoms with Crippen molar-refractivity contribution in [3.8, 4) is 5.82 Å². The lowest BCUT2D eigenvalue weighted by molar-refractivity contribution is 0.846. The molecule has 3 nitrogen and oxygen atoms in total. The summed E-state index contributed by atoms with van der Waals surface area (Å²) in [5, 5.41) is 3.89. The van der Waals surface area contributed by atoms with Crippen LogP contribution in [-0.2, 0) is 0 Å². The molecule has 0 amide bonds. The fourth-order valence-corrected chi connectivity index (χ4v) is 1.42. The van der Waals surface area contributed by atoms with Crippen molar-refractivity contribution in [3.63, 3.8) is 0 Å². The van der Waals surface area contributed by atoms with Gasteiger partial charge in [-0.05, 0) is 28.1 Å². The van der Waals surface area contributed by atoms with E-state index in [4.69, 9.17) is 2.74 Å². The van der Waals surface area contributed by atoms with Gasteiger partial charge in [-0.1, -0.05) is 15.9 Å². The molecule has 0 aromatic carbocycles. The summed E-state index contributed by atoms with van der Waals surface area (Å²) in [6.07, 6.45) is 1.75. The molecular formula is C8H5Br2N3. The third-order valence-corrected chi connectivity index (χ3v) is 2.22. The van der Waals surface area contributed by atoms with Crippen molar-refractivity contribution in [2.24, 2.45) is 0 Å². The average Bonchev–Trinajstić information content (AvgIpc) is 2.46. The van der Waals surface area contributed by atoms with Crippen molar-refractivity contribution in [1.29, 1.82) is 0 Å². The molecule has 0 fully saturated rings. The predicted octanol–water partition coefficient (Wildman–Crippen LogP) is 2.79. The maximum Gasteiger partial charge on any atom is 0.154 e. The zero-order chi connectivity index (χ0) is 11.0. The van der Waals surface area contributed by atoms with Crippen LogP contribution in [0.25, 0.3) is 5.82 Å². The Bertz CT molecular complexity index is 513. The Balaban J connectivity index is 2.59. The number of hydrogen-bond donors (Lipinski definition) is 0. The molecule has 0 atom stereocenters. The van der Waals surface area contributed by atoms with Gasteiger partial charge in [0.05, 0.1) is 13.4 Å². The number of hydrogen-bond acceptors (Lipinski definition) is 2. The van der Waals surface area contributed by atoms with E-state index in [1.807, 2.05) is 0 Å². The highest BCUT2D eigenvalue weighted by Gasteiger charge is 1.99. The van der Waals surface area contributed by atoms with Crippen LogP contribution in [0, 0.1) is 0 Å². The second-order valence-electron chi connectivity index (χ2n) is 2.28. The van der Waals surface area contributed by atoms with E-state index < -0.39 is 0 Å². The van der Waals surface area contributed by atoms with Gasteiger partial charge in [0.2, 0.25) is 0 Å². The molecule has 0 aliphatic rings. The summed E-state index contributed by atoms with van der Waals surface area (Å²) in [5.41, 5.74) is 0. The normalized spacial score (nSPS) is 12.5. The zero-order valence-electron chi connectivity index (χ0n) is 8.33. The summed E-state index contributed by atoms with van der Waals surface area (Å²) >= 11 is 6.43. The minimum absolute atomic E-state index is 0.0294. The Morgan fingerprint density at radius 2 is 2.23 bits per heavy atom. The minimum Gasteiger partial charge on any atom is -0.237 e. The molecule has 0 N–H and O–H groups in total. The van der Waals surface area contributed by atoms with Crippen LogP contribution in [0.4, 0.5) is 0 Å². The lowest BCUT2D eigenvalue weighted by Crippen LogP contribution is -1.96. The highest BCUT2D eigenvalue weighted by molar-refractivity contribution is 9.10. The highest BCUT2D eigenvalue weighted by Crippen LogP contribution is 2.14. The third-order valence-electron chi connectivity index (χ3n) is 1.38. The van der Waals surface area contributed by atoms with Gasteiger partial charge in [-0.25, -0.2) is 9.67 Å². The lowest BCUT2D eigenvalue weighted by Gasteiger charge is -1.98. The fraction of sp³-hybridized carbons (Fsp3) is 0. The summed E-state index contributed by atoms with van der Waals surface area (Å²) in [6, 6.07) is 3.52. The topological polar surface area (TPSA) is 30.7 Å². The van der Waals surface area contributed by atoms with Crippen molar-refractivity contribution in [1.82, 2.24) is 14.8 Å². The van der Waals surface area contributed by atoms with Gasteiger partial charge >= 0.3 is 0 Å². The van der Waals surface area contributed by atoms with Crippen LogP contribution < -0.4 is 0 Å². The van der Waals surface area contributed by atoms with Gasteiger partial charge in [-0.2, -0.15) is 5.10 Å². The van der Waals surface area contributed by atoms with Crippen molar-refractivity contribution >= 4 is 31.9 Å². The van der Waals surface area contributed by atoms with Gasteiger partial charge in [0.1, 0.15) is 0 Å². The first-order chi connectivity index (χ1) is 7.09. The molecule has 0 saturated carbocycles. The maximum atomic E-state index is 7.70.